The smallest absolute Gasteiger partial charge is 0.242 e. The van der Waals surface area contributed by atoms with Gasteiger partial charge in [0.25, 0.3) is 0 Å². The molecule has 0 radical (unpaired) electrons. The summed E-state index contributed by atoms with van der Waals surface area (Å²) in [5.41, 5.74) is -0.772. The topological polar surface area (TPSA) is 84.0 Å². The van der Waals surface area contributed by atoms with Gasteiger partial charge in [0.15, 0.2) is 5.66 Å². The third-order valence-electron chi connectivity index (χ3n) is 5.23. The van der Waals surface area contributed by atoms with Crippen molar-refractivity contribution in [3.63, 3.8) is 0 Å². The monoisotopic (exact) mass is 313 g/mol. The molecule has 7 heteroatoms. The molecule has 0 atom stereocenters. The first-order valence-corrected chi connectivity index (χ1v) is 8.05. The quantitative estimate of drug-likeness (QED) is 0.753. The second-order valence-electron chi connectivity index (χ2n) is 6.82. The number of terminal acetylenes is 1. The molecule has 2 bridgehead atoms. The zero-order valence-electron chi connectivity index (χ0n) is 13.2. The van der Waals surface area contributed by atoms with E-state index >= 15 is 0 Å². The Bertz CT molecular complexity index is 704. The Morgan fingerprint density at radius 3 is 2.78 bits per heavy atom. The van der Waals surface area contributed by atoms with Crippen molar-refractivity contribution in [2.75, 3.05) is 6.54 Å². The fraction of sp³-hybridized carbons (Fsp3) is 0.688. The Kier molecular flexibility index (Phi) is 3.05. The third-order valence-corrected chi connectivity index (χ3v) is 5.23. The van der Waals surface area contributed by atoms with Crippen molar-refractivity contribution in [3.05, 3.63) is 11.8 Å². The fourth-order valence-electron chi connectivity index (χ4n) is 3.90. The van der Waals surface area contributed by atoms with Crippen molar-refractivity contribution < 1.29 is 9.21 Å². The van der Waals surface area contributed by atoms with Crippen molar-refractivity contribution >= 4 is 5.91 Å². The molecule has 1 aromatic heterocycles. The van der Waals surface area contributed by atoms with Crippen LogP contribution in [-0.2, 0) is 10.3 Å². The number of rotatable bonds is 6. The molecule has 0 aromatic carbocycles. The highest BCUT2D eigenvalue weighted by Crippen LogP contribution is 2.57. The average Bonchev–Trinajstić information content (AvgIpc) is 2.86. The Hall–Kier alpha value is -2.23. The highest BCUT2D eigenvalue weighted by atomic mass is 16.4. The van der Waals surface area contributed by atoms with Crippen molar-refractivity contribution in [2.45, 2.75) is 56.7 Å². The molecule has 5 rings (SSSR count). The summed E-state index contributed by atoms with van der Waals surface area (Å²) in [5, 5.41) is 16.3. The summed E-state index contributed by atoms with van der Waals surface area (Å²) in [6, 6.07) is 0. The van der Waals surface area contributed by atoms with Crippen molar-refractivity contribution in [1.82, 2.24) is 15.1 Å². The van der Waals surface area contributed by atoms with E-state index in [1.807, 2.05) is 4.90 Å². The molecule has 1 amide bonds. The number of nitrogens with zero attached hydrogens (tertiary/aromatic N) is 5. The molecule has 3 aliphatic heterocycles. The van der Waals surface area contributed by atoms with E-state index in [0.717, 1.165) is 25.8 Å². The third kappa shape index (κ3) is 2.24. The summed E-state index contributed by atoms with van der Waals surface area (Å²) in [6.07, 6.45) is 9.58. The molecule has 3 fully saturated rings. The SMILES string of the molecule is C#CCCC1(CCC(=O)N2CC3CC2(c2nnc(C)o2)C3)N=N1. The molecule has 2 saturated heterocycles. The van der Waals surface area contributed by atoms with Gasteiger partial charge in [0, 0.05) is 39.2 Å². The minimum absolute atomic E-state index is 0.123. The van der Waals surface area contributed by atoms with Gasteiger partial charge in [0.2, 0.25) is 17.7 Å². The predicted octanol–water partition coefficient (Wildman–Crippen LogP) is 2.18. The van der Waals surface area contributed by atoms with E-state index in [4.69, 9.17) is 10.8 Å². The minimum atomic E-state index is -0.404. The van der Waals surface area contributed by atoms with Gasteiger partial charge in [-0.25, -0.2) is 0 Å². The highest BCUT2D eigenvalue weighted by molar-refractivity contribution is 5.78. The molecule has 4 heterocycles. The number of aromatic nitrogens is 2. The molecule has 120 valence electrons. The number of fused-ring (bicyclic) bond motifs is 1. The van der Waals surface area contributed by atoms with Crippen LogP contribution in [0.2, 0.25) is 0 Å². The Balaban J connectivity index is 1.42. The second-order valence-corrected chi connectivity index (χ2v) is 6.82. The summed E-state index contributed by atoms with van der Waals surface area (Å²) in [6.45, 7) is 2.56. The zero-order valence-corrected chi connectivity index (χ0v) is 13.2. The van der Waals surface area contributed by atoms with Gasteiger partial charge >= 0.3 is 0 Å². The number of amides is 1. The van der Waals surface area contributed by atoms with Crippen molar-refractivity contribution in [2.24, 2.45) is 16.1 Å². The lowest BCUT2D eigenvalue weighted by molar-refractivity contribution is -0.136. The van der Waals surface area contributed by atoms with Crippen LogP contribution in [0.4, 0.5) is 0 Å². The molecule has 0 unspecified atom stereocenters. The van der Waals surface area contributed by atoms with Crippen molar-refractivity contribution in [1.29, 1.82) is 0 Å². The standard InChI is InChI=1S/C16H19N5O2/c1-3-4-6-16(19-20-16)7-5-13(22)21-10-12-8-15(21,9-12)14-18-17-11(2)23-14/h1,12H,4-10H2,2H3. The summed E-state index contributed by atoms with van der Waals surface area (Å²) in [7, 11) is 0. The van der Waals surface area contributed by atoms with Crippen LogP contribution in [0.25, 0.3) is 0 Å². The lowest BCUT2D eigenvalue weighted by Crippen LogP contribution is -2.46. The summed E-state index contributed by atoms with van der Waals surface area (Å²) in [5.74, 6) is 4.41. The van der Waals surface area contributed by atoms with Crippen LogP contribution in [0.15, 0.2) is 14.6 Å². The number of carbonyl (C=O) groups is 1. The first kappa shape index (κ1) is 14.4. The van der Waals surface area contributed by atoms with Crippen LogP contribution in [-0.4, -0.2) is 33.2 Å². The summed E-state index contributed by atoms with van der Waals surface area (Å²) in [4.78, 5) is 14.7. The lowest BCUT2D eigenvalue weighted by atomic mass is 9.73. The summed E-state index contributed by atoms with van der Waals surface area (Å²) < 4.78 is 5.62. The zero-order chi connectivity index (χ0) is 16.1. The van der Waals surface area contributed by atoms with Gasteiger partial charge in [-0.3, -0.25) is 4.79 Å². The van der Waals surface area contributed by atoms with Crippen LogP contribution in [0.1, 0.15) is 50.3 Å². The largest absolute Gasteiger partial charge is 0.423 e. The summed E-state index contributed by atoms with van der Waals surface area (Å²) >= 11 is 0. The predicted molar refractivity (Wildman–Crippen MR) is 80.0 cm³/mol. The van der Waals surface area contributed by atoms with Crippen LogP contribution < -0.4 is 0 Å². The fourth-order valence-corrected chi connectivity index (χ4v) is 3.90. The van der Waals surface area contributed by atoms with Crippen LogP contribution in [0, 0.1) is 25.2 Å². The van der Waals surface area contributed by atoms with Crippen LogP contribution in [0.5, 0.6) is 0 Å². The first-order valence-electron chi connectivity index (χ1n) is 8.05. The van der Waals surface area contributed by atoms with Crippen LogP contribution >= 0.6 is 0 Å². The first-order chi connectivity index (χ1) is 11.1. The van der Waals surface area contributed by atoms with E-state index in [1.54, 1.807) is 6.92 Å². The Morgan fingerprint density at radius 2 is 2.17 bits per heavy atom. The molecule has 1 aromatic rings. The van der Waals surface area contributed by atoms with Gasteiger partial charge in [0.1, 0.15) is 5.54 Å². The van der Waals surface area contributed by atoms with E-state index in [1.165, 1.54) is 0 Å². The van der Waals surface area contributed by atoms with Crippen LogP contribution in [0.3, 0.4) is 0 Å². The maximum Gasteiger partial charge on any atom is 0.242 e. The minimum Gasteiger partial charge on any atom is -0.423 e. The molecular formula is C16H19N5O2. The van der Waals surface area contributed by atoms with Gasteiger partial charge in [0.05, 0.1) is 0 Å². The maximum atomic E-state index is 12.7. The van der Waals surface area contributed by atoms with Gasteiger partial charge in [-0.05, 0) is 18.8 Å². The normalized spacial score (nSPS) is 29.2. The number of aryl methyl sites for hydroxylation is 1. The molecular weight excluding hydrogens is 294 g/mol. The molecule has 1 aliphatic carbocycles. The van der Waals surface area contributed by atoms with E-state index in [0.29, 0.717) is 37.0 Å². The van der Waals surface area contributed by atoms with Gasteiger partial charge < -0.3 is 9.32 Å². The lowest BCUT2D eigenvalue weighted by Gasteiger charge is -2.38. The number of hydrogen-bond donors (Lipinski definition) is 0. The number of hydrogen-bond acceptors (Lipinski definition) is 6. The molecule has 0 N–H and O–H groups in total. The average molecular weight is 313 g/mol. The maximum absolute atomic E-state index is 12.7. The molecule has 23 heavy (non-hydrogen) atoms. The van der Waals surface area contributed by atoms with Crippen molar-refractivity contribution in [3.8, 4) is 12.3 Å². The highest BCUT2D eigenvalue weighted by Gasteiger charge is 2.61. The van der Waals surface area contributed by atoms with Gasteiger partial charge in [-0.1, -0.05) is 0 Å². The van der Waals surface area contributed by atoms with E-state index in [9.17, 15) is 4.79 Å². The van der Waals surface area contributed by atoms with E-state index in [-0.39, 0.29) is 11.4 Å². The second kappa shape index (κ2) is 4.88. The van der Waals surface area contributed by atoms with Gasteiger partial charge in [-0.2, -0.15) is 10.2 Å². The Labute approximate surface area is 134 Å². The van der Waals surface area contributed by atoms with E-state index < -0.39 is 5.66 Å². The van der Waals surface area contributed by atoms with E-state index in [2.05, 4.69) is 26.3 Å². The molecule has 4 aliphatic rings. The van der Waals surface area contributed by atoms with Gasteiger partial charge in [-0.15, -0.1) is 22.5 Å². The molecule has 7 nitrogen and oxygen atoms in total. The molecule has 1 saturated carbocycles. The number of carbonyl (C=O) groups excluding carboxylic acids is 1. The Morgan fingerprint density at radius 1 is 1.39 bits per heavy atom. The molecule has 0 spiro atoms.